The van der Waals surface area contributed by atoms with Crippen molar-refractivity contribution in [1.82, 2.24) is 15.1 Å². The monoisotopic (exact) mass is 484 g/mol. The van der Waals surface area contributed by atoms with Crippen molar-refractivity contribution < 1.29 is 23.7 Å². The normalized spacial score (nSPS) is 10.7. The zero-order valence-corrected chi connectivity index (χ0v) is 19.0. The predicted molar refractivity (Wildman–Crippen MR) is 119 cm³/mol. The van der Waals surface area contributed by atoms with Crippen LogP contribution in [0.1, 0.15) is 21.9 Å². The van der Waals surface area contributed by atoms with Gasteiger partial charge in [-0.3, -0.25) is 10.1 Å². The molecule has 0 saturated heterocycles. The number of hydrogen-bond acceptors (Lipinski definition) is 11. The number of aryl methyl sites for hydroxylation is 1. The van der Waals surface area contributed by atoms with E-state index in [4.69, 9.17) is 14.0 Å². The summed E-state index contributed by atoms with van der Waals surface area (Å²) in [5.41, 5.74) is 1.38. The van der Waals surface area contributed by atoms with Crippen LogP contribution in [0.4, 0.5) is 5.69 Å². The first kappa shape index (κ1) is 22.4. The first-order valence-corrected chi connectivity index (χ1v) is 11.1. The van der Waals surface area contributed by atoms with E-state index in [1.165, 1.54) is 41.3 Å². The maximum absolute atomic E-state index is 12.8. The first-order chi connectivity index (χ1) is 15.9. The number of rotatable bonds is 8. The Bertz CT molecular complexity index is 1300. The van der Waals surface area contributed by atoms with Crippen LogP contribution in [0.25, 0.3) is 11.4 Å². The number of carbonyl (C=O) groups excluding carboxylic acids is 1. The molecule has 2 heterocycles. The van der Waals surface area contributed by atoms with Gasteiger partial charge in [0.15, 0.2) is 10.9 Å². The van der Waals surface area contributed by atoms with Crippen LogP contribution in [-0.2, 0) is 11.3 Å². The quantitative estimate of drug-likeness (QED) is 0.193. The molecule has 10 nitrogen and oxygen atoms in total. The van der Waals surface area contributed by atoms with E-state index in [0.29, 0.717) is 26.4 Å². The lowest BCUT2D eigenvalue weighted by Crippen LogP contribution is -2.07. The fourth-order valence-corrected chi connectivity index (χ4v) is 4.62. The smallest absolute Gasteiger partial charge is 0.340 e. The van der Waals surface area contributed by atoms with Crippen molar-refractivity contribution in [3.8, 4) is 17.1 Å². The summed E-state index contributed by atoms with van der Waals surface area (Å²) >= 11 is 2.65. The minimum atomic E-state index is -0.751. The molecule has 4 rings (SSSR count). The SMILES string of the molecule is COc1ccc(-c2noc(COC(=O)c3cc([N+](=O)[O-])ccc3Sc3nc(C)cs3)n2)cc1. The molecule has 0 radical (unpaired) electrons. The minimum absolute atomic E-state index is 0.0527. The molecule has 0 unspecified atom stereocenters. The van der Waals surface area contributed by atoms with Gasteiger partial charge in [-0.1, -0.05) is 16.9 Å². The van der Waals surface area contributed by atoms with Gasteiger partial charge in [-0.2, -0.15) is 4.98 Å². The summed E-state index contributed by atoms with van der Waals surface area (Å²) in [7, 11) is 1.57. The van der Waals surface area contributed by atoms with Crippen molar-refractivity contribution in [2.24, 2.45) is 0 Å². The van der Waals surface area contributed by atoms with Gasteiger partial charge in [-0.25, -0.2) is 9.78 Å². The maximum Gasteiger partial charge on any atom is 0.340 e. The molecule has 0 N–H and O–H groups in total. The summed E-state index contributed by atoms with van der Waals surface area (Å²) in [6, 6.07) is 11.1. The molecule has 0 spiro atoms. The van der Waals surface area contributed by atoms with E-state index < -0.39 is 10.9 Å². The Kier molecular flexibility index (Phi) is 6.66. The molecule has 0 bridgehead atoms. The van der Waals surface area contributed by atoms with Gasteiger partial charge in [0, 0.05) is 33.7 Å². The fourth-order valence-electron chi connectivity index (χ4n) is 2.73. The third-order valence-corrected chi connectivity index (χ3v) is 6.46. The number of benzene rings is 2. The summed E-state index contributed by atoms with van der Waals surface area (Å²) < 4.78 is 16.3. The van der Waals surface area contributed by atoms with Crippen LogP contribution < -0.4 is 4.74 Å². The highest BCUT2D eigenvalue weighted by molar-refractivity contribution is 8.01. The van der Waals surface area contributed by atoms with E-state index in [0.717, 1.165) is 5.69 Å². The molecule has 168 valence electrons. The summed E-state index contributed by atoms with van der Waals surface area (Å²) in [6.07, 6.45) is 0. The number of esters is 1. The number of carbonyl (C=O) groups is 1. The highest BCUT2D eigenvalue weighted by Crippen LogP contribution is 2.34. The summed E-state index contributed by atoms with van der Waals surface area (Å²) in [5, 5.41) is 17.0. The van der Waals surface area contributed by atoms with Crippen molar-refractivity contribution in [2.45, 2.75) is 22.8 Å². The van der Waals surface area contributed by atoms with E-state index in [1.54, 1.807) is 31.4 Å². The standard InChI is InChI=1S/C21H16N4O6S2/c1-12-11-32-21(22-12)33-17-8-5-14(25(27)28)9-16(17)20(26)30-10-18-23-19(24-31-18)13-3-6-15(29-2)7-4-13/h3-9,11H,10H2,1-2H3. The molecule has 0 atom stereocenters. The summed E-state index contributed by atoms with van der Waals surface area (Å²) in [5.74, 6) is 0.354. The molecule has 33 heavy (non-hydrogen) atoms. The summed E-state index contributed by atoms with van der Waals surface area (Å²) in [6.45, 7) is 1.57. The predicted octanol–water partition coefficient (Wildman–Crippen LogP) is 4.93. The number of nitrogens with zero attached hydrogens (tertiary/aromatic N) is 4. The fraction of sp³-hybridized carbons (Fsp3) is 0.143. The van der Waals surface area contributed by atoms with Gasteiger partial charge in [0.05, 0.1) is 17.6 Å². The lowest BCUT2D eigenvalue weighted by molar-refractivity contribution is -0.384. The topological polar surface area (TPSA) is 130 Å². The van der Waals surface area contributed by atoms with Crippen LogP contribution in [0.5, 0.6) is 5.75 Å². The zero-order valence-electron chi connectivity index (χ0n) is 17.4. The highest BCUT2D eigenvalue weighted by atomic mass is 32.2. The second-order valence-corrected chi connectivity index (χ2v) is 8.76. The van der Waals surface area contributed by atoms with Gasteiger partial charge in [0.2, 0.25) is 5.82 Å². The average molecular weight is 485 g/mol. The Morgan fingerprint density at radius 1 is 1.21 bits per heavy atom. The molecule has 2 aromatic carbocycles. The van der Waals surface area contributed by atoms with Crippen LogP contribution >= 0.6 is 23.1 Å². The molecule has 0 aliphatic carbocycles. The van der Waals surface area contributed by atoms with Crippen LogP contribution in [-0.4, -0.2) is 33.1 Å². The Morgan fingerprint density at radius 2 is 2.00 bits per heavy atom. The van der Waals surface area contributed by atoms with E-state index >= 15 is 0 Å². The first-order valence-electron chi connectivity index (χ1n) is 9.45. The van der Waals surface area contributed by atoms with Crippen molar-refractivity contribution in [2.75, 3.05) is 7.11 Å². The van der Waals surface area contributed by atoms with Crippen molar-refractivity contribution in [3.63, 3.8) is 0 Å². The summed E-state index contributed by atoms with van der Waals surface area (Å²) in [4.78, 5) is 32.5. The maximum atomic E-state index is 12.8. The van der Waals surface area contributed by atoms with E-state index in [9.17, 15) is 14.9 Å². The molecule has 0 amide bonds. The second kappa shape index (κ2) is 9.79. The number of ether oxygens (including phenoxy) is 2. The molecular weight excluding hydrogens is 468 g/mol. The Hall–Kier alpha value is -3.77. The van der Waals surface area contributed by atoms with Gasteiger partial charge in [0.1, 0.15) is 5.75 Å². The van der Waals surface area contributed by atoms with Gasteiger partial charge in [0.25, 0.3) is 11.6 Å². The van der Waals surface area contributed by atoms with E-state index in [-0.39, 0.29) is 23.7 Å². The number of aromatic nitrogens is 3. The molecule has 2 aromatic heterocycles. The van der Waals surface area contributed by atoms with E-state index in [2.05, 4.69) is 15.1 Å². The average Bonchev–Trinajstić information content (AvgIpc) is 3.46. The molecule has 0 aliphatic rings. The number of non-ortho nitro benzene ring substituents is 1. The lowest BCUT2D eigenvalue weighted by Gasteiger charge is -2.07. The van der Waals surface area contributed by atoms with E-state index in [1.807, 2.05) is 12.3 Å². The van der Waals surface area contributed by atoms with Crippen molar-refractivity contribution in [3.05, 3.63) is 75.1 Å². The molecule has 0 fully saturated rings. The van der Waals surface area contributed by atoms with Gasteiger partial charge in [-0.05, 0) is 37.3 Å². The Morgan fingerprint density at radius 3 is 2.67 bits per heavy atom. The van der Waals surface area contributed by atoms with Crippen LogP contribution in [0.3, 0.4) is 0 Å². The largest absolute Gasteiger partial charge is 0.497 e. The van der Waals surface area contributed by atoms with Gasteiger partial charge < -0.3 is 14.0 Å². The van der Waals surface area contributed by atoms with Gasteiger partial charge >= 0.3 is 5.97 Å². The number of hydrogen-bond donors (Lipinski definition) is 0. The number of nitro groups is 1. The highest BCUT2D eigenvalue weighted by Gasteiger charge is 2.21. The number of methoxy groups -OCH3 is 1. The minimum Gasteiger partial charge on any atom is -0.497 e. The van der Waals surface area contributed by atoms with Crippen LogP contribution in [0, 0.1) is 17.0 Å². The molecule has 12 heteroatoms. The van der Waals surface area contributed by atoms with Crippen LogP contribution in [0.15, 0.2) is 61.6 Å². The number of thiazole rings is 1. The molecule has 0 saturated carbocycles. The third kappa shape index (κ3) is 5.35. The Labute approximate surface area is 195 Å². The molecular formula is C21H16N4O6S2. The van der Waals surface area contributed by atoms with Gasteiger partial charge in [-0.15, -0.1) is 11.3 Å². The molecule has 4 aromatic rings. The Balaban J connectivity index is 1.50. The van der Waals surface area contributed by atoms with Crippen LogP contribution in [0.2, 0.25) is 0 Å². The molecule has 0 aliphatic heterocycles. The second-order valence-electron chi connectivity index (χ2n) is 6.61. The zero-order chi connectivity index (χ0) is 23.4. The number of nitro benzene ring substituents is 1. The van der Waals surface area contributed by atoms with Crippen molar-refractivity contribution >= 4 is 34.8 Å². The third-order valence-electron chi connectivity index (χ3n) is 4.33. The van der Waals surface area contributed by atoms with Crippen molar-refractivity contribution in [1.29, 1.82) is 0 Å². The lowest BCUT2D eigenvalue weighted by atomic mass is 10.2.